The quantitative estimate of drug-likeness (QED) is 0.852. The third-order valence-electron chi connectivity index (χ3n) is 3.32. The normalized spacial score (nSPS) is 10.6. The van der Waals surface area contributed by atoms with E-state index in [-0.39, 0.29) is 5.82 Å². The van der Waals surface area contributed by atoms with Crippen LogP contribution in [0.4, 0.5) is 15.8 Å². The second-order valence-electron chi connectivity index (χ2n) is 4.60. The minimum atomic E-state index is -0.155. The molecule has 0 heterocycles. The third kappa shape index (κ3) is 3.17. The molecule has 0 amide bonds. The maximum Gasteiger partial charge on any atom is 0.129 e. The lowest BCUT2D eigenvalue weighted by Crippen LogP contribution is -2.21. The van der Waals surface area contributed by atoms with E-state index >= 15 is 0 Å². The van der Waals surface area contributed by atoms with Gasteiger partial charge in [0.1, 0.15) is 5.82 Å². The average molecular weight is 272 g/mol. The van der Waals surface area contributed by atoms with Gasteiger partial charge in [-0.1, -0.05) is 31.2 Å². The number of rotatable bonds is 6. The first kappa shape index (κ1) is 14.5. The Labute approximate surface area is 120 Å². The fourth-order valence-corrected chi connectivity index (χ4v) is 2.33. The van der Waals surface area contributed by atoms with Crippen molar-refractivity contribution in [1.29, 1.82) is 0 Å². The SMILES string of the molecule is CCNCc1c(F)cccc1N(CC)c1ccccc1. The Bertz CT molecular complexity index is 540. The highest BCUT2D eigenvalue weighted by Gasteiger charge is 2.14. The average Bonchev–Trinajstić information content (AvgIpc) is 2.48. The summed E-state index contributed by atoms with van der Waals surface area (Å²) in [6.45, 7) is 6.27. The molecule has 0 aromatic heterocycles. The van der Waals surface area contributed by atoms with Crippen LogP contribution in [0.5, 0.6) is 0 Å². The number of hydrogen-bond acceptors (Lipinski definition) is 2. The van der Waals surface area contributed by atoms with E-state index in [9.17, 15) is 4.39 Å². The van der Waals surface area contributed by atoms with Crippen molar-refractivity contribution in [3.8, 4) is 0 Å². The third-order valence-corrected chi connectivity index (χ3v) is 3.32. The molecule has 2 aromatic carbocycles. The Morgan fingerprint density at radius 2 is 1.75 bits per heavy atom. The lowest BCUT2D eigenvalue weighted by molar-refractivity contribution is 0.593. The zero-order valence-electron chi connectivity index (χ0n) is 12.1. The molecule has 0 fully saturated rings. The number of nitrogens with one attached hydrogen (secondary N) is 1. The highest BCUT2D eigenvalue weighted by Crippen LogP contribution is 2.29. The molecule has 0 spiro atoms. The molecule has 2 aromatic rings. The largest absolute Gasteiger partial charge is 0.341 e. The van der Waals surface area contributed by atoms with Crippen molar-refractivity contribution in [2.45, 2.75) is 20.4 Å². The van der Waals surface area contributed by atoms with Crippen LogP contribution in [-0.2, 0) is 6.54 Å². The molecular weight excluding hydrogens is 251 g/mol. The van der Waals surface area contributed by atoms with Crippen LogP contribution in [0.1, 0.15) is 19.4 Å². The molecule has 1 N–H and O–H groups in total. The number of benzene rings is 2. The van der Waals surface area contributed by atoms with Crippen molar-refractivity contribution >= 4 is 11.4 Å². The lowest BCUT2D eigenvalue weighted by atomic mass is 10.1. The number of nitrogens with zero attached hydrogens (tertiary/aromatic N) is 1. The first-order chi connectivity index (χ1) is 9.77. The molecule has 0 unspecified atom stereocenters. The fourth-order valence-electron chi connectivity index (χ4n) is 2.33. The van der Waals surface area contributed by atoms with Gasteiger partial charge in [0.05, 0.1) is 0 Å². The van der Waals surface area contributed by atoms with E-state index in [1.54, 1.807) is 6.07 Å². The van der Waals surface area contributed by atoms with E-state index in [1.165, 1.54) is 6.07 Å². The predicted octanol–water partition coefficient (Wildman–Crippen LogP) is 4.09. The van der Waals surface area contributed by atoms with Crippen molar-refractivity contribution in [2.75, 3.05) is 18.0 Å². The molecule has 0 atom stereocenters. The monoisotopic (exact) mass is 272 g/mol. The van der Waals surface area contributed by atoms with Gasteiger partial charge in [0, 0.05) is 30.0 Å². The minimum absolute atomic E-state index is 0.155. The zero-order valence-corrected chi connectivity index (χ0v) is 12.1. The molecule has 20 heavy (non-hydrogen) atoms. The summed E-state index contributed by atoms with van der Waals surface area (Å²) in [5.41, 5.74) is 2.73. The van der Waals surface area contributed by atoms with E-state index in [0.717, 1.165) is 30.0 Å². The summed E-state index contributed by atoms with van der Waals surface area (Å²) in [7, 11) is 0. The van der Waals surface area contributed by atoms with Gasteiger partial charge >= 0.3 is 0 Å². The van der Waals surface area contributed by atoms with E-state index < -0.39 is 0 Å². The van der Waals surface area contributed by atoms with Crippen molar-refractivity contribution in [3.63, 3.8) is 0 Å². The van der Waals surface area contributed by atoms with Crippen molar-refractivity contribution in [2.24, 2.45) is 0 Å². The van der Waals surface area contributed by atoms with Gasteiger partial charge in [0.15, 0.2) is 0 Å². The number of para-hydroxylation sites is 1. The summed E-state index contributed by atoms with van der Waals surface area (Å²) in [5, 5.41) is 3.21. The maximum atomic E-state index is 14.1. The zero-order chi connectivity index (χ0) is 14.4. The summed E-state index contributed by atoms with van der Waals surface area (Å²) < 4.78 is 14.1. The summed E-state index contributed by atoms with van der Waals surface area (Å²) >= 11 is 0. The predicted molar refractivity (Wildman–Crippen MR) is 82.9 cm³/mol. The van der Waals surface area contributed by atoms with Crippen LogP contribution < -0.4 is 10.2 Å². The molecule has 0 radical (unpaired) electrons. The molecule has 0 bridgehead atoms. The van der Waals surface area contributed by atoms with Crippen LogP contribution in [0.2, 0.25) is 0 Å². The molecule has 0 saturated heterocycles. The summed E-state index contributed by atoms with van der Waals surface area (Å²) in [6.07, 6.45) is 0. The van der Waals surface area contributed by atoms with Crippen molar-refractivity contribution in [3.05, 3.63) is 59.9 Å². The van der Waals surface area contributed by atoms with Crippen molar-refractivity contribution < 1.29 is 4.39 Å². The molecule has 2 nitrogen and oxygen atoms in total. The highest BCUT2D eigenvalue weighted by atomic mass is 19.1. The fraction of sp³-hybridized carbons (Fsp3) is 0.294. The van der Waals surface area contributed by atoms with Crippen molar-refractivity contribution in [1.82, 2.24) is 5.32 Å². The number of anilines is 2. The highest BCUT2D eigenvalue weighted by molar-refractivity contribution is 5.66. The molecule has 0 aliphatic heterocycles. The molecule has 3 heteroatoms. The molecular formula is C17H21FN2. The van der Waals surface area contributed by atoms with E-state index in [1.807, 2.05) is 43.3 Å². The van der Waals surface area contributed by atoms with E-state index in [4.69, 9.17) is 0 Å². The van der Waals surface area contributed by atoms with Crippen LogP contribution in [0.15, 0.2) is 48.5 Å². The van der Waals surface area contributed by atoms with Gasteiger partial charge in [-0.15, -0.1) is 0 Å². The van der Waals surface area contributed by atoms with Crippen LogP contribution in [0.25, 0.3) is 0 Å². The van der Waals surface area contributed by atoms with E-state index in [0.29, 0.717) is 6.54 Å². The first-order valence-corrected chi connectivity index (χ1v) is 7.08. The lowest BCUT2D eigenvalue weighted by Gasteiger charge is -2.26. The van der Waals surface area contributed by atoms with Crippen LogP contribution in [0, 0.1) is 5.82 Å². The Kier molecular flexibility index (Phi) is 5.13. The van der Waals surface area contributed by atoms with E-state index in [2.05, 4.69) is 17.1 Å². The van der Waals surface area contributed by atoms with Gasteiger partial charge in [-0.3, -0.25) is 0 Å². The molecule has 0 aliphatic carbocycles. The first-order valence-electron chi connectivity index (χ1n) is 7.08. The smallest absolute Gasteiger partial charge is 0.129 e. The van der Waals surface area contributed by atoms with Gasteiger partial charge < -0.3 is 10.2 Å². The summed E-state index contributed by atoms with van der Waals surface area (Å²) in [4.78, 5) is 2.13. The summed E-state index contributed by atoms with van der Waals surface area (Å²) in [5.74, 6) is -0.155. The van der Waals surface area contributed by atoms with Gasteiger partial charge in [-0.25, -0.2) is 4.39 Å². The second kappa shape index (κ2) is 7.06. The molecule has 0 aliphatic rings. The topological polar surface area (TPSA) is 15.3 Å². The molecule has 106 valence electrons. The molecule has 2 rings (SSSR count). The standard InChI is InChI=1S/C17H21FN2/c1-3-19-13-15-16(18)11-8-12-17(15)20(4-2)14-9-6-5-7-10-14/h5-12,19H,3-4,13H2,1-2H3. The number of hydrogen-bond donors (Lipinski definition) is 1. The Hall–Kier alpha value is -1.87. The van der Waals surface area contributed by atoms with Gasteiger partial charge in [0.25, 0.3) is 0 Å². The molecule has 0 saturated carbocycles. The maximum absolute atomic E-state index is 14.1. The minimum Gasteiger partial charge on any atom is -0.341 e. The Balaban J connectivity index is 2.41. The Morgan fingerprint density at radius 3 is 2.40 bits per heavy atom. The summed E-state index contributed by atoms with van der Waals surface area (Å²) in [6, 6.07) is 15.4. The van der Waals surface area contributed by atoms with Crippen LogP contribution in [-0.4, -0.2) is 13.1 Å². The Morgan fingerprint density at radius 1 is 1.00 bits per heavy atom. The van der Waals surface area contributed by atoms with Crippen LogP contribution in [0.3, 0.4) is 0 Å². The number of halogens is 1. The van der Waals surface area contributed by atoms with Crippen LogP contribution >= 0.6 is 0 Å². The van der Waals surface area contributed by atoms with Gasteiger partial charge in [-0.2, -0.15) is 0 Å². The second-order valence-corrected chi connectivity index (χ2v) is 4.60. The van der Waals surface area contributed by atoms with Gasteiger partial charge in [-0.05, 0) is 37.7 Å². The van der Waals surface area contributed by atoms with Gasteiger partial charge in [0.2, 0.25) is 0 Å².